The molecule has 3 aromatic rings. The van der Waals surface area contributed by atoms with Gasteiger partial charge in [0.25, 0.3) is 5.91 Å². The van der Waals surface area contributed by atoms with Crippen molar-refractivity contribution in [1.82, 2.24) is 5.32 Å². The van der Waals surface area contributed by atoms with E-state index in [2.05, 4.69) is 5.32 Å². The van der Waals surface area contributed by atoms with Crippen molar-refractivity contribution in [3.8, 4) is 17.2 Å². The first-order chi connectivity index (χ1) is 16.4. The van der Waals surface area contributed by atoms with Gasteiger partial charge in [-0.15, -0.1) is 0 Å². The lowest BCUT2D eigenvalue weighted by molar-refractivity contribution is -0.126. The fourth-order valence-corrected chi connectivity index (χ4v) is 4.34. The number of rotatable bonds is 7. The third-order valence-corrected chi connectivity index (χ3v) is 6.15. The number of fused-ring (bicyclic) bond motifs is 1. The Kier molecular flexibility index (Phi) is 6.45. The number of anilines is 1. The monoisotopic (exact) mass is 460 g/mol. The highest BCUT2D eigenvalue weighted by molar-refractivity contribution is 6.14. The molecule has 0 aliphatic carbocycles. The van der Waals surface area contributed by atoms with Crippen molar-refractivity contribution in [3.63, 3.8) is 0 Å². The van der Waals surface area contributed by atoms with E-state index in [4.69, 9.17) is 14.2 Å². The summed E-state index contributed by atoms with van der Waals surface area (Å²) < 4.78 is 16.1. The minimum atomic E-state index is -1.18. The van der Waals surface area contributed by atoms with E-state index < -0.39 is 5.54 Å². The van der Waals surface area contributed by atoms with Crippen molar-refractivity contribution in [2.24, 2.45) is 0 Å². The van der Waals surface area contributed by atoms with Gasteiger partial charge in [0.1, 0.15) is 22.8 Å². The summed E-state index contributed by atoms with van der Waals surface area (Å²) in [5.41, 5.74) is 1.64. The SMILES string of the molecule is COc1cccc(CNC(=O)[C@]2(C)Cc3ccccc3C(=O)N2c2cc(OC)cc(OC)c2)c1. The van der Waals surface area contributed by atoms with Gasteiger partial charge in [-0.25, -0.2) is 0 Å². The predicted molar refractivity (Wildman–Crippen MR) is 130 cm³/mol. The van der Waals surface area contributed by atoms with Crippen LogP contribution in [0.3, 0.4) is 0 Å². The summed E-state index contributed by atoms with van der Waals surface area (Å²) in [7, 11) is 4.70. The first-order valence-electron chi connectivity index (χ1n) is 11.0. The summed E-state index contributed by atoms with van der Waals surface area (Å²) >= 11 is 0. The van der Waals surface area contributed by atoms with Crippen molar-refractivity contribution in [3.05, 3.63) is 83.4 Å². The zero-order valence-electron chi connectivity index (χ0n) is 19.8. The van der Waals surface area contributed by atoms with Gasteiger partial charge >= 0.3 is 0 Å². The molecule has 1 atom stereocenters. The largest absolute Gasteiger partial charge is 0.497 e. The van der Waals surface area contributed by atoms with E-state index in [1.165, 1.54) is 0 Å². The van der Waals surface area contributed by atoms with E-state index >= 15 is 0 Å². The molecule has 0 unspecified atom stereocenters. The van der Waals surface area contributed by atoms with E-state index in [1.54, 1.807) is 57.4 Å². The molecule has 0 saturated heterocycles. The molecule has 34 heavy (non-hydrogen) atoms. The Labute approximate surface area is 199 Å². The van der Waals surface area contributed by atoms with Crippen LogP contribution in [0.2, 0.25) is 0 Å². The normalized spacial score (nSPS) is 17.1. The van der Waals surface area contributed by atoms with Crippen molar-refractivity contribution < 1.29 is 23.8 Å². The number of nitrogens with zero attached hydrogens (tertiary/aromatic N) is 1. The third kappa shape index (κ3) is 4.29. The highest BCUT2D eigenvalue weighted by atomic mass is 16.5. The third-order valence-electron chi connectivity index (χ3n) is 6.15. The highest BCUT2D eigenvalue weighted by Gasteiger charge is 2.47. The maximum absolute atomic E-state index is 13.7. The molecular formula is C27H28N2O5. The Morgan fingerprint density at radius 1 is 0.912 bits per heavy atom. The minimum Gasteiger partial charge on any atom is -0.497 e. The van der Waals surface area contributed by atoms with Crippen molar-refractivity contribution >= 4 is 17.5 Å². The van der Waals surface area contributed by atoms with E-state index in [0.29, 0.717) is 41.5 Å². The van der Waals surface area contributed by atoms with Gasteiger partial charge in [-0.2, -0.15) is 0 Å². The van der Waals surface area contributed by atoms with E-state index in [9.17, 15) is 9.59 Å². The molecule has 1 aliphatic rings. The average Bonchev–Trinajstić information content (AvgIpc) is 2.87. The molecule has 4 rings (SSSR count). The number of carbonyl (C=O) groups is 2. The molecule has 7 nitrogen and oxygen atoms in total. The van der Waals surface area contributed by atoms with Gasteiger partial charge in [0.05, 0.1) is 27.0 Å². The number of amides is 2. The van der Waals surface area contributed by atoms with Gasteiger partial charge in [0.2, 0.25) is 5.91 Å². The number of hydrogen-bond donors (Lipinski definition) is 1. The molecule has 1 N–H and O–H groups in total. The van der Waals surface area contributed by atoms with Crippen LogP contribution in [0, 0.1) is 0 Å². The molecular weight excluding hydrogens is 432 g/mol. The van der Waals surface area contributed by atoms with Crippen LogP contribution in [-0.4, -0.2) is 38.7 Å². The lowest BCUT2D eigenvalue weighted by Gasteiger charge is -2.44. The number of carbonyl (C=O) groups excluding carboxylic acids is 2. The number of methoxy groups -OCH3 is 3. The summed E-state index contributed by atoms with van der Waals surface area (Å²) in [6.07, 6.45) is 0.360. The first-order valence-corrected chi connectivity index (χ1v) is 11.0. The maximum Gasteiger partial charge on any atom is 0.259 e. The standard InChI is InChI=1S/C27H28N2O5/c1-27(26(31)28-17-18-8-7-10-21(12-18)32-2)16-19-9-5-6-11-24(19)25(30)29(27)20-13-22(33-3)15-23(14-20)34-4/h5-15H,16-17H2,1-4H3,(H,28,31)/t27-/m0/s1. The quantitative estimate of drug-likeness (QED) is 0.577. The molecule has 2 amide bonds. The van der Waals surface area contributed by atoms with Crippen LogP contribution >= 0.6 is 0 Å². The zero-order chi connectivity index (χ0) is 24.3. The lowest BCUT2D eigenvalue weighted by atomic mass is 9.82. The van der Waals surface area contributed by atoms with Gasteiger partial charge in [0.15, 0.2) is 0 Å². The van der Waals surface area contributed by atoms with Crippen molar-refractivity contribution in [2.45, 2.75) is 25.4 Å². The molecule has 0 radical (unpaired) electrons. The van der Waals surface area contributed by atoms with Crippen LogP contribution in [0.15, 0.2) is 66.7 Å². The fraction of sp³-hybridized carbons (Fsp3) is 0.259. The van der Waals surface area contributed by atoms with Gasteiger partial charge in [-0.05, 0) is 36.2 Å². The summed E-state index contributed by atoms with van der Waals surface area (Å²) in [6, 6.07) is 20.1. The van der Waals surface area contributed by atoms with E-state index in [-0.39, 0.29) is 11.8 Å². The van der Waals surface area contributed by atoms with Crippen LogP contribution in [0.5, 0.6) is 17.2 Å². The number of hydrogen-bond acceptors (Lipinski definition) is 5. The smallest absolute Gasteiger partial charge is 0.259 e. The summed E-state index contributed by atoms with van der Waals surface area (Å²) in [6.45, 7) is 2.09. The Bertz CT molecular complexity index is 1200. The lowest BCUT2D eigenvalue weighted by Crippen LogP contribution is -2.63. The Balaban J connectivity index is 1.74. The number of nitrogens with one attached hydrogen (secondary N) is 1. The molecule has 0 saturated carbocycles. The summed E-state index contributed by atoms with van der Waals surface area (Å²) in [5.74, 6) is 1.25. The van der Waals surface area contributed by atoms with Crippen LogP contribution in [-0.2, 0) is 17.8 Å². The second kappa shape index (κ2) is 9.47. The Morgan fingerprint density at radius 3 is 2.26 bits per heavy atom. The van der Waals surface area contributed by atoms with Crippen LogP contribution in [0.25, 0.3) is 0 Å². The average molecular weight is 461 g/mol. The van der Waals surface area contributed by atoms with Crippen molar-refractivity contribution in [1.29, 1.82) is 0 Å². The minimum absolute atomic E-state index is 0.254. The van der Waals surface area contributed by atoms with Crippen LogP contribution < -0.4 is 24.4 Å². The molecule has 0 aromatic heterocycles. The zero-order valence-corrected chi connectivity index (χ0v) is 19.8. The topological polar surface area (TPSA) is 77.1 Å². The molecule has 176 valence electrons. The maximum atomic E-state index is 13.7. The Morgan fingerprint density at radius 2 is 1.59 bits per heavy atom. The Hall–Kier alpha value is -4.00. The molecule has 0 spiro atoms. The number of ether oxygens (including phenoxy) is 3. The molecule has 0 fully saturated rings. The molecule has 1 heterocycles. The van der Waals surface area contributed by atoms with Crippen LogP contribution in [0.1, 0.15) is 28.4 Å². The molecule has 1 aliphatic heterocycles. The van der Waals surface area contributed by atoms with E-state index in [1.807, 2.05) is 42.5 Å². The molecule has 7 heteroatoms. The molecule has 0 bridgehead atoms. The second-order valence-electron chi connectivity index (χ2n) is 8.35. The molecule has 3 aromatic carbocycles. The van der Waals surface area contributed by atoms with Gasteiger partial charge < -0.3 is 19.5 Å². The summed E-state index contributed by atoms with van der Waals surface area (Å²) in [5, 5.41) is 3.02. The summed E-state index contributed by atoms with van der Waals surface area (Å²) in [4.78, 5) is 29.0. The van der Waals surface area contributed by atoms with Gasteiger partial charge in [0, 0.05) is 36.7 Å². The highest BCUT2D eigenvalue weighted by Crippen LogP contribution is 2.38. The van der Waals surface area contributed by atoms with Crippen LogP contribution in [0.4, 0.5) is 5.69 Å². The first kappa shape index (κ1) is 23.2. The number of benzene rings is 3. The van der Waals surface area contributed by atoms with Gasteiger partial charge in [-0.3, -0.25) is 14.5 Å². The van der Waals surface area contributed by atoms with Crippen molar-refractivity contribution in [2.75, 3.05) is 26.2 Å². The van der Waals surface area contributed by atoms with Gasteiger partial charge in [-0.1, -0.05) is 30.3 Å². The second-order valence-corrected chi connectivity index (χ2v) is 8.35. The van der Waals surface area contributed by atoms with E-state index in [0.717, 1.165) is 11.1 Å². The fourth-order valence-electron chi connectivity index (χ4n) is 4.34. The predicted octanol–water partition coefficient (Wildman–Crippen LogP) is 3.99.